The molecule has 0 aromatic heterocycles. The normalized spacial score (nSPS) is 12.6. The van der Waals surface area contributed by atoms with Crippen molar-refractivity contribution >= 4 is 5.97 Å². The zero-order valence-electron chi connectivity index (χ0n) is 14.8. The quantitative estimate of drug-likeness (QED) is 0.478. The van der Waals surface area contributed by atoms with Crippen LogP contribution in [-0.4, -0.2) is 18.7 Å². The Bertz CT molecular complexity index is 765. The van der Waals surface area contributed by atoms with Crippen LogP contribution in [0.4, 0.5) is 13.2 Å². The fourth-order valence-electron chi connectivity index (χ4n) is 2.10. The third-order valence-corrected chi connectivity index (χ3v) is 3.35. The molecule has 0 heterocycles. The van der Waals surface area contributed by atoms with E-state index in [1.54, 1.807) is 36.4 Å². The number of carbonyl (C=O) groups excluding carboxylic acids is 1. The molecule has 2 rings (SSSR count). The Labute approximate surface area is 155 Å². The van der Waals surface area contributed by atoms with Crippen molar-refractivity contribution in [2.75, 3.05) is 6.61 Å². The minimum Gasteiger partial charge on any atom is -0.487 e. The molecule has 0 aliphatic carbocycles. The minimum absolute atomic E-state index is 0.183. The van der Waals surface area contributed by atoms with Gasteiger partial charge < -0.3 is 14.2 Å². The standard InChI is InChI=1S/C20H19F3O4/c1-14(4-3-13-25-15(2)24)26-17-9-11-19(12-10-17)27-18-7-5-16(6-8-18)20(21,22)23/h3-12,14H,13H2,1-2H3. The fourth-order valence-corrected chi connectivity index (χ4v) is 2.10. The Morgan fingerprint density at radius 1 is 1.00 bits per heavy atom. The molecule has 0 saturated carbocycles. The molecule has 0 spiro atoms. The van der Waals surface area contributed by atoms with Gasteiger partial charge in [0.05, 0.1) is 5.56 Å². The van der Waals surface area contributed by atoms with E-state index in [0.717, 1.165) is 12.1 Å². The van der Waals surface area contributed by atoms with Gasteiger partial charge in [-0.05, 0) is 67.6 Å². The van der Waals surface area contributed by atoms with E-state index in [9.17, 15) is 18.0 Å². The summed E-state index contributed by atoms with van der Waals surface area (Å²) in [7, 11) is 0. The molecule has 0 fully saturated rings. The van der Waals surface area contributed by atoms with Crippen molar-refractivity contribution in [3.05, 3.63) is 66.2 Å². The van der Waals surface area contributed by atoms with E-state index in [-0.39, 0.29) is 18.7 Å². The molecule has 2 aromatic rings. The lowest BCUT2D eigenvalue weighted by atomic mass is 10.2. The Morgan fingerprint density at radius 2 is 1.52 bits per heavy atom. The molecule has 0 amide bonds. The second kappa shape index (κ2) is 9.12. The maximum Gasteiger partial charge on any atom is 0.416 e. The molecule has 4 nitrogen and oxygen atoms in total. The Morgan fingerprint density at radius 3 is 2.04 bits per heavy atom. The maximum absolute atomic E-state index is 12.5. The number of benzene rings is 2. The number of esters is 1. The average Bonchev–Trinajstić information content (AvgIpc) is 2.60. The van der Waals surface area contributed by atoms with E-state index >= 15 is 0 Å². The number of carbonyl (C=O) groups is 1. The third-order valence-electron chi connectivity index (χ3n) is 3.35. The Kier molecular flexibility index (Phi) is 6.87. The van der Waals surface area contributed by atoms with Crippen LogP contribution in [0.2, 0.25) is 0 Å². The number of ether oxygens (including phenoxy) is 3. The van der Waals surface area contributed by atoms with Gasteiger partial charge in [-0.3, -0.25) is 4.79 Å². The van der Waals surface area contributed by atoms with Gasteiger partial charge in [-0.15, -0.1) is 0 Å². The summed E-state index contributed by atoms with van der Waals surface area (Å²) in [5, 5.41) is 0. The van der Waals surface area contributed by atoms with E-state index < -0.39 is 11.7 Å². The summed E-state index contributed by atoms with van der Waals surface area (Å²) in [5.74, 6) is 1.02. The van der Waals surface area contributed by atoms with E-state index in [0.29, 0.717) is 17.2 Å². The molecule has 1 atom stereocenters. The summed E-state index contributed by atoms with van der Waals surface area (Å²) in [4.78, 5) is 10.7. The van der Waals surface area contributed by atoms with Crippen molar-refractivity contribution in [2.45, 2.75) is 26.1 Å². The monoisotopic (exact) mass is 380 g/mol. The minimum atomic E-state index is -4.37. The predicted octanol–water partition coefficient (Wildman–Crippen LogP) is 5.38. The first-order chi connectivity index (χ1) is 12.7. The van der Waals surface area contributed by atoms with Crippen molar-refractivity contribution in [3.63, 3.8) is 0 Å². The van der Waals surface area contributed by atoms with Crippen LogP contribution in [0.3, 0.4) is 0 Å². The van der Waals surface area contributed by atoms with Crippen LogP contribution < -0.4 is 9.47 Å². The summed E-state index contributed by atoms with van der Waals surface area (Å²) >= 11 is 0. The molecular weight excluding hydrogens is 361 g/mol. The molecule has 0 aliphatic heterocycles. The lowest BCUT2D eigenvalue weighted by molar-refractivity contribution is -0.140. The van der Waals surface area contributed by atoms with Gasteiger partial charge >= 0.3 is 12.1 Å². The summed E-state index contributed by atoms with van der Waals surface area (Å²) in [6.45, 7) is 3.35. The maximum atomic E-state index is 12.5. The second-order valence-electron chi connectivity index (χ2n) is 5.65. The Balaban J connectivity index is 1.88. The summed E-state index contributed by atoms with van der Waals surface area (Å²) in [5.41, 5.74) is -0.727. The van der Waals surface area contributed by atoms with Gasteiger partial charge in [0.15, 0.2) is 0 Å². The van der Waals surface area contributed by atoms with Gasteiger partial charge in [0.2, 0.25) is 0 Å². The van der Waals surface area contributed by atoms with Crippen LogP contribution in [0.1, 0.15) is 19.4 Å². The molecule has 0 N–H and O–H groups in total. The lowest BCUT2D eigenvalue weighted by Crippen LogP contribution is -2.08. The lowest BCUT2D eigenvalue weighted by Gasteiger charge is -2.12. The molecule has 0 saturated heterocycles. The Hall–Kier alpha value is -2.96. The topological polar surface area (TPSA) is 44.8 Å². The third kappa shape index (κ3) is 7.05. The molecule has 1 unspecified atom stereocenters. The zero-order chi connectivity index (χ0) is 19.9. The number of hydrogen-bond donors (Lipinski definition) is 0. The number of halogens is 3. The first-order valence-corrected chi connectivity index (χ1v) is 8.16. The van der Waals surface area contributed by atoms with Crippen LogP contribution in [0, 0.1) is 0 Å². The highest BCUT2D eigenvalue weighted by Crippen LogP contribution is 2.31. The van der Waals surface area contributed by atoms with Crippen molar-refractivity contribution < 1.29 is 32.2 Å². The van der Waals surface area contributed by atoms with Gasteiger partial charge in [0.1, 0.15) is 30.0 Å². The van der Waals surface area contributed by atoms with Crippen LogP contribution in [0.15, 0.2) is 60.7 Å². The summed E-state index contributed by atoms with van der Waals surface area (Å²) in [6, 6.07) is 11.2. The highest BCUT2D eigenvalue weighted by Gasteiger charge is 2.30. The van der Waals surface area contributed by atoms with Crippen LogP contribution in [0.5, 0.6) is 17.2 Å². The average molecular weight is 380 g/mol. The van der Waals surface area contributed by atoms with Crippen molar-refractivity contribution in [1.29, 1.82) is 0 Å². The van der Waals surface area contributed by atoms with Crippen LogP contribution in [0.25, 0.3) is 0 Å². The molecule has 144 valence electrons. The highest BCUT2D eigenvalue weighted by atomic mass is 19.4. The number of hydrogen-bond acceptors (Lipinski definition) is 4. The van der Waals surface area contributed by atoms with E-state index in [1.807, 2.05) is 6.92 Å². The van der Waals surface area contributed by atoms with Gasteiger partial charge in [-0.2, -0.15) is 13.2 Å². The first kappa shape index (κ1) is 20.4. The SMILES string of the molecule is CC(=O)OCC=CC(C)Oc1ccc(Oc2ccc(C(F)(F)F)cc2)cc1. The van der Waals surface area contributed by atoms with Crippen molar-refractivity contribution in [3.8, 4) is 17.2 Å². The first-order valence-electron chi connectivity index (χ1n) is 8.16. The van der Waals surface area contributed by atoms with Crippen LogP contribution >= 0.6 is 0 Å². The van der Waals surface area contributed by atoms with Gasteiger partial charge in [-0.25, -0.2) is 0 Å². The van der Waals surface area contributed by atoms with Crippen molar-refractivity contribution in [1.82, 2.24) is 0 Å². The van der Waals surface area contributed by atoms with Gasteiger partial charge in [0, 0.05) is 6.92 Å². The summed E-state index contributed by atoms with van der Waals surface area (Å²) in [6.07, 6.45) is -1.16. The van der Waals surface area contributed by atoms with Crippen molar-refractivity contribution in [2.24, 2.45) is 0 Å². The fraction of sp³-hybridized carbons (Fsp3) is 0.250. The summed E-state index contributed by atoms with van der Waals surface area (Å²) < 4.78 is 53.6. The van der Waals surface area contributed by atoms with Crippen LogP contribution in [-0.2, 0) is 15.7 Å². The number of alkyl halides is 3. The van der Waals surface area contributed by atoms with E-state index in [2.05, 4.69) is 0 Å². The smallest absolute Gasteiger partial charge is 0.416 e. The molecule has 0 radical (unpaired) electrons. The molecule has 0 aliphatic rings. The molecule has 0 bridgehead atoms. The zero-order valence-corrected chi connectivity index (χ0v) is 14.8. The predicted molar refractivity (Wildman–Crippen MR) is 93.8 cm³/mol. The van der Waals surface area contributed by atoms with Gasteiger partial charge in [-0.1, -0.05) is 0 Å². The van der Waals surface area contributed by atoms with Gasteiger partial charge in [0.25, 0.3) is 0 Å². The molecule has 27 heavy (non-hydrogen) atoms. The molecule has 2 aromatic carbocycles. The van der Waals surface area contributed by atoms with E-state index in [1.165, 1.54) is 19.1 Å². The second-order valence-corrected chi connectivity index (χ2v) is 5.65. The van der Waals surface area contributed by atoms with E-state index in [4.69, 9.17) is 14.2 Å². The highest BCUT2D eigenvalue weighted by molar-refractivity contribution is 5.65. The number of rotatable bonds is 7. The largest absolute Gasteiger partial charge is 0.487 e. The molecular formula is C20H19F3O4. The molecule has 7 heteroatoms.